The molecular weight excluding hydrogens is 280 g/mol. The van der Waals surface area contributed by atoms with E-state index < -0.39 is 17.9 Å². The number of methoxy groups -OCH3 is 2. The molecule has 0 spiro atoms. The number of nitrogens with zero attached hydrogens (tertiary/aromatic N) is 1. The molecule has 0 fully saturated rings. The number of carbonyl (C=O) groups is 3. The van der Waals surface area contributed by atoms with Crippen LogP contribution in [0.2, 0.25) is 0 Å². The van der Waals surface area contributed by atoms with Gasteiger partial charge in [-0.1, -0.05) is 0 Å². The number of hydrogen-bond donors (Lipinski definition) is 2. The van der Waals surface area contributed by atoms with Crippen LogP contribution in [0, 0.1) is 0 Å². The number of carboxylic acid groups (broad SMARTS) is 1. The van der Waals surface area contributed by atoms with Crippen LogP contribution < -0.4 is 5.32 Å². The minimum absolute atomic E-state index is 0.00514. The molecule has 122 valence electrons. The molecular formula is C13H24N2O6. The Labute approximate surface area is 124 Å². The summed E-state index contributed by atoms with van der Waals surface area (Å²) in [6.07, 6.45) is 0.0873. The molecule has 0 aliphatic rings. The van der Waals surface area contributed by atoms with Gasteiger partial charge in [-0.05, 0) is 13.3 Å². The fourth-order valence-corrected chi connectivity index (χ4v) is 1.70. The highest BCUT2D eigenvalue weighted by molar-refractivity contribution is 5.94. The predicted molar refractivity (Wildman–Crippen MR) is 74.9 cm³/mol. The van der Waals surface area contributed by atoms with Crippen molar-refractivity contribution in [2.75, 3.05) is 34.0 Å². The molecule has 0 saturated heterocycles. The fraction of sp³-hybridized carbons (Fsp3) is 0.769. The summed E-state index contributed by atoms with van der Waals surface area (Å²) < 4.78 is 9.93. The summed E-state index contributed by atoms with van der Waals surface area (Å²) in [7, 11) is 3.05. The Hall–Kier alpha value is -1.67. The standard InChI is InChI=1S/C13H24N2O6/c1-10(9-21-3)15(7-8-20-2)13(19)14-11(16)5-4-6-12(17)18/h10H,4-9H2,1-3H3,(H,17,18)(H,14,16,19). The topological polar surface area (TPSA) is 105 Å². The first-order valence-corrected chi connectivity index (χ1v) is 6.72. The number of carbonyl (C=O) groups excluding carboxylic acids is 2. The molecule has 8 heteroatoms. The second-order valence-corrected chi connectivity index (χ2v) is 4.59. The van der Waals surface area contributed by atoms with Crippen molar-refractivity contribution in [1.29, 1.82) is 0 Å². The van der Waals surface area contributed by atoms with Crippen LogP contribution in [-0.2, 0) is 19.1 Å². The van der Waals surface area contributed by atoms with Crippen LogP contribution >= 0.6 is 0 Å². The number of nitrogens with one attached hydrogen (secondary N) is 1. The maximum Gasteiger partial charge on any atom is 0.324 e. The van der Waals surface area contributed by atoms with E-state index in [-0.39, 0.29) is 25.3 Å². The summed E-state index contributed by atoms with van der Waals surface area (Å²) in [6, 6.07) is -0.742. The molecule has 0 saturated carbocycles. The molecule has 0 aliphatic carbocycles. The lowest BCUT2D eigenvalue weighted by molar-refractivity contribution is -0.137. The quantitative estimate of drug-likeness (QED) is 0.607. The lowest BCUT2D eigenvalue weighted by Crippen LogP contribution is -2.49. The molecule has 0 aromatic carbocycles. The Morgan fingerprint density at radius 1 is 1.19 bits per heavy atom. The zero-order valence-corrected chi connectivity index (χ0v) is 12.8. The molecule has 2 N–H and O–H groups in total. The van der Waals surface area contributed by atoms with Gasteiger partial charge in [0.15, 0.2) is 0 Å². The lowest BCUT2D eigenvalue weighted by atomic mass is 10.2. The van der Waals surface area contributed by atoms with E-state index in [1.807, 2.05) is 0 Å². The molecule has 21 heavy (non-hydrogen) atoms. The smallest absolute Gasteiger partial charge is 0.324 e. The first-order chi connectivity index (χ1) is 9.92. The third kappa shape index (κ3) is 8.98. The van der Waals surface area contributed by atoms with E-state index >= 15 is 0 Å². The van der Waals surface area contributed by atoms with Crippen molar-refractivity contribution >= 4 is 17.9 Å². The third-order valence-corrected chi connectivity index (χ3v) is 2.78. The molecule has 0 aliphatic heterocycles. The second-order valence-electron chi connectivity index (χ2n) is 4.59. The van der Waals surface area contributed by atoms with Crippen molar-refractivity contribution in [1.82, 2.24) is 10.2 Å². The number of urea groups is 1. The lowest BCUT2D eigenvalue weighted by Gasteiger charge is -2.28. The number of amides is 3. The van der Waals surface area contributed by atoms with E-state index in [9.17, 15) is 14.4 Å². The third-order valence-electron chi connectivity index (χ3n) is 2.78. The van der Waals surface area contributed by atoms with Gasteiger partial charge in [0.1, 0.15) is 0 Å². The average molecular weight is 304 g/mol. The van der Waals surface area contributed by atoms with Gasteiger partial charge in [-0.3, -0.25) is 14.9 Å². The van der Waals surface area contributed by atoms with Crippen LogP contribution in [0.25, 0.3) is 0 Å². The van der Waals surface area contributed by atoms with Crippen molar-refractivity contribution in [2.24, 2.45) is 0 Å². The fourth-order valence-electron chi connectivity index (χ4n) is 1.70. The molecule has 0 heterocycles. The molecule has 0 aromatic heterocycles. The normalized spacial score (nSPS) is 11.8. The average Bonchev–Trinajstić information content (AvgIpc) is 2.38. The summed E-state index contributed by atoms with van der Waals surface area (Å²) in [5, 5.41) is 10.7. The van der Waals surface area contributed by atoms with Gasteiger partial charge in [0.05, 0.1) is 19.3 Å². The molecule has 0 bridgehead atoms. The van der Waals surface area contributed by atoms with E-state index in [2.05, 4.69) is 5.32 Å². The zero-order valence-electron chi connectivity index (χ0n) is 12.8. The van der Waals surface area contributed by atoms with Gasteiger partial charge in [0.25, 0.3) is 0 Å². The Kier molecular flexibility index (Phi) is 10.2. The van der Waals surface area contributed by atoms with Gasteiger partial charge < -0.3 is 19.5 Å². The molecule has 1 unspecified atom stereocenters. The monoisotopic (exact) mass is 304 g/mol. The van der Waals surface area contributed by atoms with E-state index in [1.54, 1.807) is 6.92 Å². The van der Waals surface area contributed by atoms with Crippen LogP contribution in [0.15, 0.2) is 0 Å². The minimum atomic E-state index is -0.968. The molecule has 0 rings (SSSR count). The number of rotatable bonds is 10. The van der Waals surface area contributed by atoms with Gasteiger partial charge in [0, 0.05) is 33.6 Å². The van der Waals surface area contributed by atoms with Crippen LogP contribution in [0.5, 0.6) is 0 Å². The Bertz CT molecular complexity index is 348. The van der Waals surface area contributed by atoms with Gasteiger partial charge in [-0.15, -0.1) is 0 Å². The molecule has 0 radical (unpaired) electrons. The maximum atomic E-state index is 12.0. The summed E-state index contributed by atoms with van der Waals surface area (Å²) in [5.41, 5.74) is 0. The Balaban J connectivity index is 4.37. The van der Waals surface area contributed by atoms with E-state index in [0.717, 1.165) is 0 Å². The van der Waals surface area contributed by atoms with Crippen molar-refractivity contribution in [3.05, 3.63) is 0 Å². The van der Waals surface area contributed by atoms with Crippen molar-refractivity contribution in [3.8, 4) is 0 Å². The van der Waals surface area contributed by atoms with Crippen LogP contribution in [0.3, 0.4) is 0 Å². The predicted octanol–water partition coefficient (Wildman–Crippen LogP) is 0.461. The SMILES string of the molecule is COCCN(C(=O)NC(=O)CCCC(=O)O)C(C)COC. The second kappa shape index (κ2) is 11.0. The Morgan fingerprint density at radius 2 is 1.86 bits per heavy atom. The number of hydrogen-bond acceptors (Lipinski definition) is 5. The van der Waals surface area contributed by atoms with Gasteiger partial charge in [-0.25, -0.2) is 4.79 Å². The van der Waals surface area contributed by atoms with Crippen molar-refractivity contribution in [3.63, 3.8) is 0 Å². The number of carboxylic acids is 1. The minimum Gasteiger partial charge on any atom is -0.481 e. The summed E-state index contributed by atoms with van der Waals surface area (Å²) in [5.74, 6) is -1.46. The van der Waals surface area contributed by atoms with Crippen LogP contribution in [-0.4, -0.2) is 67.9 Å². The molecule has 0 aromatic rings. The van der Waals surface area contributed by atoms with E-state index in [4.69, 9.17) is 14.6 Å². The molecule has 1 atom stereocenters. The highest BCUT2D eigenvalue weighted by atomic mass is 16.5. The van der Waals surface area contributed by atoms with Gasteiger partial charge in [0.2, 0.25) is 5.91 Å². The van der Waals surface area contributed by atoms with Crippen LogP contribution in [0.4, 0.5) is 4.79 Å². The number of imide groups is 1. The molecule has 3 amide bonds. The largest absolute Gasteiger partial charge is 0.481 e. The van der Waals surface area contributed by atoms with Gasteiger partial charge >= 0.3 is 12.0 Å². The first-order valence-electron chi connectivity index (χ1n) is 6.72. The van der Waals surface area contributed by atoms with Gasteiger partial charge in [-0.2, -0.15) is 0 Å². The first kappa shape index (κ1) is 19.3. The summed E-state index contributed by atoms with van der Waals surface area (Å²) in [6.45, 7) is 2.81. The van der Waals surface area contributed by atoms with E-state index in [0.29, 0.717) is 19.8 Å². The summed E-state index contributed by atoms with van der Waals surface area (Å²) in [4.78, 5) is 35.4. The highest BCUT2D eigenvalue weighted by Crippen LogP contribution is 2.02. The summed E-state index contributed by atoms with van der Waals surface area (Å²) >= 11 is 0. The van der Waals surface area contributed by atoms with E-state index in [1.165, 1.54) is 19.1 Å². The maximum absolute atomic E-state index is 12.0. The Morgan fingerprint density at radius 3 is 2.38 bits per heavy atom. The highest BCUT2D eigenvalue weighted by Gasteiger charge is 2.21. The zero-order chi connectivity index (χ0) is 16.3. The van der Waals surface area contributed by atoms with Crippen molar-refractivity contribution < 1.29 is 29.0 Å². The van der Waals surface area contributed by atoms with Crippen LogP contribution in [0.1, 0.15) is 26.2 Å². The molecule has 8 nitrogen and oxygen atoms in total. The number of ether oxygens (including phenoxy) is 2. The number of aliphatic carboxylic acids is 1. The van der Waals surface area contributed by atoms with Crippen molar-refractivity contribution in [2.45, 2.75) is 32.2 Å².